The summed E-state index contributed by atoms with van der Waals surface area (Å²) in [5, 5.41) is 2.31. The van der Waals surface area contributed by atoms with Gasteiger partial charge in [-0.1, -0.05) is 23.7 Å². The monoisotopic (exact) mass is 406 g/mol. The molecule has 0 fully saturated rings. The van der Waals surface area contributed by atoms with Crippen LogP contribution in [0, 0.1) is 5.82 Å². The fraction of sp³-hybridized carbons (Fsp3) is 0.211. The first-order valence-corrected chi connectivity index (χ1v) is 8.74. The highest BCUT2D eigenvalue weighted by Gasteiger charge is 2.25. The van der Waals surface area contributed by atoms with Crippen molar-refractivity contribution in [2.45, 2.75) is 6.42 Å². The lowest BCUT2D eigenvalue weighted by molar-refractivity contribution is -0.147. The summed E-state index contributed by atoms with van der Waals surface area (Å²) in [5.74, 6) is -1.54. The molecule has 0 saturated heterocycles. The van der Waals surface area contributed by atoms with Gasteiger partial charge in [0.05, 0.1) is 17.1 Å². The van der Waals surface area contributed by atoms with Gasteiger partial charge in [-0.3, -0.25) is 14.4 Å². The molecule has 146 valence electrons. The standard InChI is InChI=1S/C19H16ClFN2O5/c20-13-9-12(5-6-14(13)21)22-17(24)10-28-19(26)7-8-23-15-3-1-2-4-16(15)27-11-18(23)25/h1-6,9H,7-8,10-11H2,(H,22,24). The third-order valence-corrected chi connectivity index (χ3v) is 4.21. The molecule has 0 radical (unpaired) electrons. The molecule has 0 saturated carbocycles. The number of hydrogen-bond donors (Lipinski definition) is 1. The van der Waals surface area contributed by atoms with Crippen molar-refractivity contribution in [3.05, 3.63) is 53.3 Å². The predicted molar refractivity (Wildman–Crippen MR) is 99.9 cm³/mol. The van der Waals surface area contributed by atoms with Crippen molar-refractivity contribution in [1.29, 1.82) is 0 Å². The van der Waals surface area contributed by atoms with Crippen LogP contribution in [0.25, 0.3) is 0 Å². The lowest BCUT2D eigenvalue weighted by Gasteiger charge is -2.28. The third-order valence-electron chi connectivity index (χ3n) is 3.92. The fourth-order valence-electron chi connectivity index (χ4n) is 2.59. The largest absolute Gasteiger partial charge is 0.482 e. The highest BCUT2D eigenvalue weighted by molar-refractivity contribution is 6.31. The molecule has 7 nitrogen and oxygen atoms in total. The van der Waals surface area contributed by atoms with Crippen LogP contribution in [0.15, 0.2) is 42.5 Å². The molecule has 2 aromatic rings. The Bertz CT molecular complexity index is 921. The first-order valence-electron chi connectivity index (χ1n) is 8.37. The number of benzene rings is 2. The zero-order valence-electron chi connectivity index (χ0n) is 14.6. The van der Waals surface area contributed by atoms with E-state index in [0.717, 1.165) is 6.07 Å². The van der Waals surface area contributed by atoms with Gasteiger partial charge < -0.3 is 19.7 Å². The molecule has 1 heterocycles. The second-order valence-corrected chi connectivity index (χ2v) is 6.30. The average Bonchev–Trinajstić information content (AvgIpc) is 2.68. The molecule has 9 heteroatoms. The molecule has 28 heavy (non-hydrogen) atoms. The Morgan fingerprint density at radius 2 is 2.04 bits per heavy atom. The van der Waals surface area contributed by atoms with Crippen molar-refractivity contribution in [2.24, 2.45) is 0 Å². The summed E-state index contributed by atoms with van der Waals surface area (Å²) in [6, 6.07) is 10.7. The summed E-state index contributed by atoms with van der Waals surface area (Å²) < 4.78 is 23.3. The molecule has 0 aliphatic carbocycles. The minimum absolute atomic E-state index is 0.0876. The Balaban J connectivity index is 1.47. The minimum atomic E-state index is -0.635. The molecule has 0 unspecified atom stereocenters. The van der Waals surface area contributed by atoms with Crippen LogP contribution in [-0.4, -0.2) is 37.5 Å². The first-order chi connectivity index (χ1) is 13.4. The maximum absolute atomic E-state index is 13.1. The smallest absolute Gasteiger partial charge is 0.308 e. The van der Waals surface area contributed by atoms with Crippen LogP contribution in [0.1, 0.15) is 6.42 Å². The average molecular weight is 407 g/mol. The van der Waals surface area contributed by atoms with Crippen LogP contribution in [0.5, 0.6) is 5.75 Å². The summed E-state index contributed by atoms with van der Waals surface area (Å²) >= 11 is 5.63. The Morgan fingerprint density at radius 1 is 1.25 bits per heavy atom. The van der Waals surface area contributed by atoms with Crippen LogP contribution >= 0.6 is 11.6 Å². The van der Waals surface area contributed by atoms with E-state index in [2.05, 4.69) is 5.32 Å². The number of esters is 1. The number of rotatable bonds is 6. The van der Waals surface area contributed by atoms with Crippen molar-refractivity contribution < 1.29 is 28.2 Å². The number of hydrogen-bond acceptors (Lipinski definition) is 5. The van der Waals surface area contributed by atoms with Gasteiger partial charge in [0.1, 0.15) is 11.6 Å². The maximum Gasteiger partial charge on any atom is 0.308 e. The van der Waals surface area contributed by atoms with Gasteiger partial charge in [0.15, 0.2) is 13.2 Å². The molecule has 2 amide bonds. The normalized spacial score (nSPS) is 12.8. The van der Waals surface area contributed by atoms with E-state index in [9.17, 15) is 18.8 Å². The molecule has 3 rings (SSSR count). The first kappa shape index (κ1) is 19.6. The lowest BCUT2D eigenvalue weighted by Crippen LogP contribution is -2.40. The van der Waals surface area contributed by atoms with Crippen LogP contribution in [0.2, 0.25) is 5.02 Å². The van der Waals surface area contributed by atoms with Gasteiger partial charge in [0, 0.05) is 12.2 Å². The number of carbonyl (C=O) groups is 3. The van der Waals surface area contributed by atoms with E-state index >= 15 is 0 Å². The van der Waals surface area contributed by atoms with Crippen molar-refractivity contribution in [2.75, 3.05) is 30.0 Å². The summed E-state index contributed by atoms with van der Waals surface area (Å²) in [6.07, 6.45) is -0.0876. The molecule has 0 aromatic heterocycles. The van der Waals surface area contributed by atoms with Gasteiger partial charge in [0.2, 0.25) is 0 Å². The Kier molecular flexibility index (Phi) is 6.10. The Labute approximate surface area is 165 Å². The summed E-state index contributed by atoms with van der Waals surface area (Å²) in [7, 11) is 0. The molecule has 1 N–H and O–H groups in total. The molecule has 0 atom stereocenters. The molecular formula is C19H16ClFN2O5. The van der Waals surface area contributed by atoms with Gasteiger partial charge in [-0.2, -0.15) is 0 Å². The maximum atomic E-state index is 13.1. The van der Waals surface area contributed by atoms with E-state index in [4.69, 9.17) is 21.1 Å². The van der Waals surface area contributed by atoms with E-state index in [0.29, 0.717) is 11.4 Å². The third kappa shape index (κ3) is 4.77. The molecule has 0 bridgehead atoms. The molecule has 0 spiro atoms. The van der Waals surface area contributed by atoms with E-state index in [1.165, 1.54) is 17.0 Å². The number of ether oxygens (including phenoxy) is 2. The van der Waals surface area contributed by atoms with E-state index in [-0.39, 0.29) is 36.2 Å². The summed E-state index contributed by atoms with van der Waals surface area (Å²) in [6.45, 7) is -0.511. The molecule has 2 aromatic carbocycles. The molecule has 1 aliphatic rings. The zero-order valence-corrected chi connectivity index (χ0v) is 15.4. The minimum Gasteiger partial charge on any atom is -0.482 e. The highest BCUT2D eigenvalue weighted by Crippen LogP contribution is 2.31. The van der Waals surface area contributed by atoms with Crippen LogP contribution in [0.3, 0.4) is 0 Å². The number of carbonyl (C=O) groups excluding carboxylic acids is 3. The predicted octanol–water partition coefficient (Wildman–Crippen LogP) is 2.78. The highest BCUT2D eigenvalue weighted by atomic mass is 35.5. The van der Waals surface area contributed by atoms with Gasteiger partial charge in [-0.25, -0.2) is 4.39 Å². The van der Waals surface area contributed by atoms with E-state index < -0.39 is 24.3 Å². The van der Waals surface area contributed by atoms with Crippen molar-refractivity contribution in [3.63, 3.8) is 0 Å². The van der Waals surface area contributed by atoms with Crippen LogP contribution < -0.4 is 15.0 Å². The number of nitrogens with zero attached hydrogens (tertiary/aromatic N) is 1. The zero-order chi connectivity index (χ0) is 20.1. The van der Waals surface area contributed by atoms with Crippen molar-refractivity contribution >= 4 is 40.8 Å². The number of para-hydroxylation sites is 2. The summed E-state index contributed by atoms with van der Waals surface area (Å²) in [5.41, 5.74) is 0.862. The SMILES string of the molecule is O=C(COC(=O)CCN1C(=O)COc2ccccc21)Nc1ccc(F)c(Cl)c1. The van der Waals surface area contributed by atoms with Crippen molar-refractivity contribution in [1.82, 2.24) is 0 Å². The lowest BCUT2D eigenvalue weighted by atomic mass is 10.2. The quantitative estimate of drug-likeness (QED) is 0.746. The van der Waals surface area contributed by atoms with Gasteiger partial charge in [-0.15, -0.1) is 0 Å². The van der Waals surface area contributed by atoms with E-state index in [1.54, 1.807) is 24.3 Å². The number of amides is 2. The second-order valence-electron chi connectivity index (χ2n) is 5.89. The number of nitrogens with one attached hydrogen (secondary N) is 1. The molecule has 1 aliphatic heterocycles. The Hall–Kier alpha value is -3.13. The van der Waals surface area contributed by atoms with Crippen LogP contribution in [0.4, 0.5) is 15.8 Å². The van der Waals surface area contributed by atoms with Crippen LogP contribution in [-0.2, 0) is 19.1 Å². The number of fused-ring (bicyclic) bond motifs is 1. The second kappa shape index (κ2) is 8.71. The topological polar surface area (TPSA) is 84.9 Å². The fourth-order valence-corrected chi connectivity index (χ4v) is 2.77. The van der Waals surface area contributed by atoms with E-state index in [1.807, 2.05) is 0 Å². The van der Waals surface area contributed by atoms with Crippen molar-refractivity contribution in [3.8, 4) is 5.75 Å². The molecular weight excluding hydrogens is 391 g/mol. The van der Waals surface area contributed by atoms with Gasteiger partial charge in [0.25, 0.3) is 11.8 Å². The summed E-state index contributed by atoms with van der Waals surface area (Å²) in [4.78, 5) is 37.2. The number of anilines is 2. The van der Waals surface area contributed by atoms with Gasteiger partial charge >= 0.3 is 5.97 Å². The number of halogens is 2. The Morgan fingerprint density at radius 3 is 2.82 bits per heavy atom. The van der Waals surface area contributed by atoms with Gasteiger partial charge in [-0.05, 0) is 30.3 Å².